The molecule has 18 nitrogen and oxygen atoms in total. The number of hydrogen-bond donors (Lipinski definition) is 2. The van der Waals surface area contributed by atoms with Gasteiger partial charge in [0, 0.05) is 97.2 Å². The molecule has 2 N–H and O–H groups in total. The van der Waals surface area contributed by atoms with Crippen molar-refractivity contribution in [3.05, 3.63) is 66.3 Å². The van der Waals surface area contributed by atoms with Crippen LogP contribution in [0.15, 0.2) is 49.2 Å². The van der Waals surface area contributed by atoms with Crippen LogP contribution in [-0.2, 0) is 52.8 Å². The Bertz CT molecular complexity index is 2680. The van der Waals surface area contributed by atoms with Crippen molar-refractivity contribution in [3.8, 4) is 21.8 Å². The number of ether oxygens (including phenoxy) is 3. The highest BCUT2D eigenvalue weighted by atomic mass is 32.1. The first-order valence-corrected chi connectivity index (χ1v) is 26.7. The van der Waals surface area contributed by atoms with Gasteiger partial charge in [-0.3, -0.25) is 29.2 Å². The first kappa shape index (κ1) is 51.8. The third-order valence-corrected chi connectivity index (χ3v) is 16.7. The molecular weight excluding hydrogens is 941 g/mol. The number of morpholine rings is 1. The van der Waals surface area contributed by atoms with E-state index in [-0.39, 0.29) is 37.0 Å². The van der Waals surface area contributed by atoms with E-state index >= 15 is 0 Å². The fraction of sp³-hybridized carbons (Fsp3) is 0.569. The number of amides is 5. The van der Waals surface area contributed by atoms with Gasteiger partial charge in [0.15, 0.2) is 0 Å². The standard InChI is InChI=1S/C51H70N10O8SSi/c1-10-40(62)59-24-25-69-50(29-59)18-22-58(23-19-50)48(66)57(8)42(31(3)4)44(63)53-37-27-39-54-45(70-55-39)33-15-16-38-35(26-33)36(43(60(38)11-2)34-14-12-20-52-41(34)32(5)67-9)28-49(6,7)30-68-47(65)51(71)17-13-21-61(56-51)46(37)64/h10,12,14-16,20,26,31-32,37,42,56H,1,11,13,17-19,21-25,27-30H2,2-9,71H3,(H,53,63)/t32-,37-,42-,51-/m0/s1. The monoisotopic (exact) mass is 1010 g/mol. The molecule has 8 rings (SSSR count). The fourth-order valence-electron chi connectivity index (χ4n) is 10.8. The van der Waals surface area contributed by atoms with Crippen LogP contribution >= 0.6 is 11.5 Å². The van der Waals surface area contributed by atoms with E-state index in [9.17, 15) is 24.0 Å². The van der Waals surface area contributed by atoms with Crippen LogP contribution in [0.4, 0.5) is 4.79 Å². The number of rotatable bonds is 9. The summed E-state index contributed by atoms with van der Waals surface area (Å²) in [6.45, 7) is 18.9. The molecule has 0 saturated carbocycles. The van der Waals surface area contributed by atoms with Crippen LogP contribution in [0.3, 0.4) is 0 Å². The fourth-order valence-corrected chi connectivity index (χ4v) is 12.3. The molecule has 1 spiro atoms. The second-order valence-corrected chi connectivity index (χ2v) is 23.4. The first-order valence-electron chi connectivity index (χ1n) is 24.9. The van der Waals surface area contributed by atoms with Gasteiger partial charge < -0.3 is 38.8 Å². The molecule has 20 heteroatoms. The molecule has 71 heavy (non-hydrogen) atoms. The molecule has 0 unspecified atom stereocenters. The Morgan fingerprint density at radius 2 is 1.86 bits per heavy atom. The van der Waals surface area contributed by atoms with Gasteiger partial charge in [-0.1, -0.05) is 34.3 Å². The van der Waals surface area contributed by atoms with Crippen molar-refractivity contribution in [3.63, 3.8) is 0 Å². The highest BCUT2D eigenvalue weighted by Gasteiger charge is 2.45. The van der Waals surface area contributed by atoms with E-state index in [1.165, 1.54) is 27.5 Å². The summed E-state index contributed by atoms with van der Waals surface area (Å²) in [5, 5.41) is 5.04. The number of carbonyl (C=O) groups is 5. The summed E-state index contributed by atoms with van der Waals surface area (Å²) in [5.41, 5.74) is 7.96. The zero-order valence-corrected chi connectivity index (χ0v) is 45.5. The summed E-state index contributed by atoms with van der Waals surface area (Å²) in [5.74, 6) is -1.49. The van der Waals surface area contributed by atoms with Crippen molar-refractivity contribution < 1.29 is 38.2 Å². The number of aromatic nitrogens is 4. The quantitative estimate of drug-likeness (QED) is 0.138. The molecule has 5 amide bonds. The molecule has 3 saturated heterocycles. The van der Waals surface area contributed by atoms with Gasteiger partial charge in [0.1, 0.15) is 28.1 Å². The number of hydrogen-bond acceptors (Lipinski definition) is 13. The number of nitrogens with zero attached hydrogens (tertiary/aromatic N) is 8. The lowest BCUT2D eigenvalue weighted by Gasteiger charge is -2.47. The number of pyridine rings is 1. The van der Waals surface area contributed by atoms with E-state index in [1.54, 1.807) is 30.2 Å². The van der Waals surface area contributed by atoms with E-state index < -0.39 is 46.0 Å². The van der Waals surface area contributed by atoms with Crippen LogP contribution in [0, 0.1) is 11.3 Å². The van der Waals surface area contributed by atoms with Crippen LogP contribution < -0.4 is 10.7 Å². The number of cyclic esters (lactones) is 1. The summed E-state index contributed by atoms with van der Waals surface area (Å²) in [7, 11) is 3.63. The molecule has 7 heterocycles. The molecule has 4 atom stereocenters. The summed E-state index contributed by atoms with van der Waals surface area (Å²) < 4.78 is 25.4. The maximum Gasteiger partial charge on any atom is 0.323 e. The zero-order valence-electron chi connectivity index (χ0n) is 42.7. The Morgan fingerprint density at radius 1 is 1.10 bits per heavy atom. The Hall–Kier alpha value is -5.54. The second kappa shape index (κ2) is 20.9. The number of benzene rings is 1. The van der Waals surface area contributed by atoms with Gasteiger partial charge in [-0.25, -0.2) is 15.2 Å². The Balaban J connectivity index is 1.12. The van der Waals surface area contributed by atoms with Crippen LogP contribution in [0.1, 0.15) is 90.4 Å². The van der Waals surface area contributed by atoms with E-state index in [1.807, 2.05) is 32.9 Å². The number of hydrazine groups is 1. The minimum atomic E-state index is -1.15. The molecule has 4 aromatic rings. The number of likely N-dealkylation sites (tertiary alicyclic amines) is 1. The number of nitrogens with one attached hydrogen (secondary N) is 2. The van der Waals surface area contributed by atoms with Crippen molar-refractivity contribution in [1.29, 1.82) is 0 Å². The molecule has 1 aromatic carbocycles. The van der Waals surface area contributed by atoms with E-state index in [4.69, 9.17) is 28.6 Å². The summed E-state index contributed by atoms with van der Waals surface area (Å²) in [6, 6.07) is 7.90. The smallest absolute Gasteiger partial charge is 0.323 e. The molecule has 0 radical (unpaired) electrons. The third-order valence-electron chi connectivity index (χ3n) is 14.7. The topological polar surface area (TPSA) is 194 Å². The van der Waals surface area contributed by atoms with Crippen LogP contribution in [0.25, 0.3) is 32.7 Å². The Labute approximate surface area is 423 Å². The number of methoxy groups -OCH3 is 1. The molecular formula is C51H70N10O8SSi. The van der Waals surface area contributed by atoms with Gasteiger partial charge in [-0.05, 0) is 105 Å². The molecule has 0 aliphatic carbocycles. The number of aryl methyl sites for hydroxylation is 1. The van der Waals surface area contributed by atoms with Crippen LogP contribution in [0.2, 0.25) is 0 Å². The van der Waals surface area contributed by atoms with E-state index in [2.05, 4.69) is 60.9 Å². The summed E-state index contributed by atoms with van der Waals surface area (Å²) in [6.07, 6.45) is 5.43. The number of carbonyl (C=O) groups excluding carboxylic acids is 5. The lowest BCUT2D eigenvalue weighted by atomic mass is 9.84. The van der Waals surface area contributed by atoms with Gasteiger partial charge in [0.2, 0.25) is 11.8 Å². The van der Waals surface area contributed by atoms with Crippen LogP contribution in [-0.4, -0.2) is 162 Å². The number of fused-ring (bicyclic) bond motifs is 6. The number of likely N-dealkylation sites (N-methyl/N-ethyl adjacent to an activating group) is 1. The van der Waals surface area contributed by atoms with Crippen molar-refractivity contribution in [2.24, 2.45) is 11.3 Å². The summed E-state index contributed by atoms with van der Waals surface area (Å²) in [4.78, 5) is 85.2. The zero-order chi connectivity index (χ0) is 51.0. The van der Waals surface area contributed by atoms with Crippen molar-refractivity contribution in [2.45, 2.75) is 116 Å². The normalized spacial score (nSPS) is 22.5. The van der Waals surface area contributed by atoms with E-state index in [0.29, 0.717) is 99.1 Å². The number of urea groups is 1. The minimum Gasteiger partial charge on any atom is -0.464 e. The van der Waals surface area contributed by atoms with Crippen molar-refractivity contribution in [2.75, 3.05) is 60.1 Å². The maximum atomic E-state index is 14.9. The van der Waals surface area contributed by atoms with Crippen molar-refractivity contribution in [1.82, 2.24) is 49.4 Å². The van der Waals surface area contributed by atoms with Crippen LogP contribution in [0.5, 0.6) is 0 Å². The largest absolute Gasteiger partial charge is 0.464 e. The first-order chi connectivity index (χ1) is 33.8. The molecule has 3 fully saturated rings. The van der Waals surface area contributed by atoms with E-state index in [0.717, 1.165) is 39.0 Å². The van der Waals surface area contributed by atoms with Gasteiger partial charge >= 0.3 is 12.0 Å². The molecule has 4 aliphatic rings. The van der Waals surface area contributed by atoms with Crippen molar-refractivity contribution >= 4 is 62.4 Å². The predicted octanol–water partition coefficient (Wildman–Crippen LogP) is 4.25. The molecule has 6 bridgehead atoms. The lowest BCUT2D eigenvalue weighted by molar-refractivity contribution is -0.158. The third kappa shape index (κ3) is 10.5. The number of piperidine rings is 1. The Morgan fingerprint density at radius 3 is 2.56 bits per heavy atom. The molecule has 4 aliphatic heterocycles. The average molecular weight is 1010 g/mol. The molecule has 3 aromatic heterocycles. The molecule has 382 valence electrons. The highest BCUT2D eigenvalue weighted by Crippen LogP contribution is 2.42. The van der Waals surface area contributed by atoms with Gasteiger partial charge in [-0.2, -0.15) is 4.37 Å². The van der Waals surface area contributed by atoms with Gasteiger partial charge in [0.25, 0.3) is 5.91 Å². The second-order valence-electron chi connectivity index (χ2n) is 20.9. The SMILES string of the molecule is C=CC(=O)N1CCOC2(CCN(C(=O)N(C)[C@H](C(=O)N[C@H]3Cc4nsc(n4)-c4ccc5c(c4)c(c(-c4cccnc4[C@H](C)OC)n5CC)CC(C)(C)COC(=O)[C@@]4([SiH3])CCCN(N4)C3=O)C(C)C)CC2)C1. The lowest BCUT2D eigenvalue weighted by Crippen LogP contribution is -2.68. The van der Waals surface area contributed by atoms with Gasteiger partial charge in [0.05, 0.1) is 42.9 Å². The maximum absolute atomic E-state index is 14.9. The Kier molecular flexibility index (Phi) is 15.2. The minimum absolute atomic E-state index is 0.0422. The highest BCUT2D eigenvalue weighted by molar-refractivity contribution is 7.09. The number of esters is 1. The van der Waals surface area contributed by atoms with Gasteiger partial charge in [-0.15, -0.1) is 0 Å². The summed E-state index contributed by atoms with van der Waals surface area (Å²) >= 11 is 1.22. The predicted molar refractivity (Wildman–Crippen MR) is 274 cm³/mol. The average Bonchev–Trinajstić information content (AvgIpc) is 3.95.